The molecule has 0 aliphatic carbocycles. The lowest BCUT2D eigenvalue weighted by atomic mass is 9.73. The molecule has 0 radical (unpaired) electrons. The summed E-state index contributed by atoms with van der Waals surface area (Å²) in [5, 5.41) is 4.50. The summed E-state index contributed by atoms with van der Waals surface area (Å²) in [6.45, 7) is 6.39. The third kappa shape index (κ3) is 5.15. The van der Waals surface area contributed by atoms with Crippen LogP contribution in [-0.2, 0) is 11.0 Å². The smallest absolute Gasteiger partial charge is 0.278 e. The Balaban J connectivity index is 1.29. The quantitative estimate of drug-likeness (QED) is 0.169. The van der Waals surface area contributed by atoms with Gasteiger partial charge < -0.3 is 14.8 Å². The fourth-order valence-electron chi connectivity index (χ4n) is 6.20. The van der Waals surface area contributed by atoms with Crippen molar-refractivity contribution in [1.29, 1.82) is 0 Å². The second-order valence-corrected chi connectivity index (χ2v) is 12.0. The number of hydrogen-bond donors (Lipinski definition) is 1. The summed E-state index contributed by atoms with van der Waals surface area (Å²) >= 11 is 0. The zero-order valence-electron chi connectivity index (χ0n) is 26.4. The van der Waals surface area contributed by atoms with Crippen molar-refractivity contribution in [2.45, 2.75) is 31.7 Å². The number of nitrogens with zero attached hydrogens (tertiary/aromatic N) is 7. The van der Waals surface area contributed by atoms with E-state index in [1.54, 1.807) is 12.4 Å². The minimum absolute atomic E-state index is 0.125. The Morgan fingerprint density at radius 2 is 1.23 bits per heavy atom. The third-order valence-electron chi connectivity index (χ3n) is 9.14. The Hall–Kier alpha value is -5.96. The fourth-order valence-corrected chi connectivity index (χ4v) is 6.20. The van der Waals surface area contributed by atoms with E-state index in [0.29, 0.717) is 17.4 Å². The number of pyridine rings is 1. The van der Waals surface area contributed by atoms with Crippen LogP contribution in [0.4, 0.5) is 5.95 Å². The maximum atomic E-state index is 5.93. The van der Waals surface area contributed by atoms with E-state index in [1.165, 1.54) is 0 Å². The number of imidazole rings is 1. The number of benzene rings is 3. The van der Waals surface area contributed by atoms with Crippen LogP contribution in [0, 0.1) is 5.92 Å². The van der Waals surface area contributed by atoms with Crippen molar-refractivity contribution in [3.05, 3.63) is 162 Å². The van der Waals surface area contributed by atoms with Crippen LogP contribution in [0.1, 0.15) is 48.8 Å². The first-order valence-corrected chi connectivity index (χ1v) is 15.5. The lowest BCUT2D eigenvalue weighted by Crippen LogP contribution is -2.36. The standard InChI is InChI=1S/C38H34N8O/c1-26(2)37(3,31-19-20-32(40-23-31)27-21-41-36(39)42-22-27)35-44-34(47-45-35)33-24-46(25-43-33)38(28-13-7-4-8-14-28,29-15-9-5-10-16-29)30-17-11-6-12-18-30/h4-26H,1-3H3,(H2,39,41,42). The summed E-state index contributed by atoms with van der Waals surface area (Å²) in [5.41, 5.74) is 10.7. The molecule has 0 saturated heterocycles. The van der Waals surface area contributed by atoms with E-state index in [4.69, 9.17) is 25.2 Å². The molecule has 47 heavy (non-hydrogen) atoms. The van der Waals surface area contributed by atoms with Crippen LogP contribution in [-0.4, -0.2) is 34.6 Å². The normalized spacial score (nSPS) is 13.0. The van der Waals surface area contributed by atoms with Crippen molar-refractivity contribution in [3.63, 3.8) is 0 Å². The van der Waals surface area contributed by atoms with E-state index in [1.807, 2.05) is 49.1 Å². The van der Waals surface area contributed by atoms with Crippen LogP contribution in [0.5, 0.6) is 0 Å². The van der Waals surface area contributed by atoms with E-state index in [-0.39, 0.29) is 11.9 Å². The van der Waals surface area contributed by atoms with Crippen molar-refractivity contribution in [2.24, 2.45) is 5.92 Å². The number of hydrogen-bond acceptors (Lipinski definition) is 8. The predicted octanol–water partition coefficient (Wildman–Crippen LogP) is 7.17. The molecular formula is C38H34N8O. The molecule has 0 aliphatic rings. The van der Waals surface area contributed by atoms with E-state index >= 15 is 0 Å². The van der Waals surface area contributed by atoms with Gasteiger partial charge in [-0.05, 0) is 41.2 Å². The summed E-state index contributed by atoms with van der Waals surface area (Å²) < 4.78 is 8.07. The number of nitrogens with two attached hydrogens (primary N) is 1. The van der Waals surface area contributed by atoms with E-state index in [2.05, 4.69) is 113 Å². The van der Waals surface area contributed by atoms with Crippen molar-refractivity contribution >= 4 is 5.95 Å². The molecule has 1 unspecified atom stereocenters. The van der Waals surface area contributed by atoms with E-state index < -0.39 is 11.0 Å². The lowest BCUT2D eigenvalue weighted by molar-refractivity contribution is 0.350. The highest BCUT2D eigenvalue weighted by molar-refractivity contribution is 5.58. The molecule has 0 bridgehead atoms. The summed E-state index contributed by atoms with van der Waals surface area (Å²) in [7, 11) is 0. The Morgan fingerprint density at radius 1 is 0.660 bits per heavy atom. The summed E-state index contributed by atoms with van der Waals surface area (Å²) in [6.07, 6.45) is 9.01. The van der Waals surface area contributed by atoms with Gasteiger partial charge in [-0.25, -0.2) is 15.0 Å². The van der Waals surface area contributed by atoms with Crippen LogP contribution >= 0.6 is 0 Å². The molecular weight excluding hydrogens is 584 g/mol. The second-order valence-electron chi connectivity index (χ2n) is 12.0. The summed E-state index contributed by atoms with van der Waals surface area (Å²) in [4.78, 5) is 22.7. The van der Waals surface area contributed by atoms with Gasteiger partial charge in [0.05, 0.1) is 17.4 Å². The maximum Gasteiger partial charge on any atom is 0.278 e. The van der Waals surface area contributed by atoms with Gasteiger partial charge in [-0.3, -0.25) is 4.98 Å². The first-order chi connectivity index (χ1) is 22.9. The topological polar surface area (TPSA) is 121 Å². The van der Waals surface area contributed by atoms with Gasteiger partial charge in [0, 0.05) is 30.4 Å². The highest BCUT2D eigenvalue weighted by Gasteiger charge is 2.40. The zero-order chi connectivity index (χ0) is 32.4. The molecule has 9 heteroatoms. The van der Waals surface area contributed by atoms with E-state index in [9.17, 15) is 0 Å². The maximum absolute atomic E-state index is 5.93. The second kappa shape index (κ2) is 12.1. The van der Waals surface area contributed by atoms with Crippen molar-refractivity contribution in [2.75, 3.05) is 5.73 Å². The average Bonchev–Trinajstić information content (AvgIpc) is 3.82. The number of nitrogen functional groups attached to an aromatic ring is 1. The molecule has 4 heterocycles. The van der Waals surface area contributed by atoms with Crippen LogP contribution < -0.4 is 5.73 Å². The van der Waals surface area contributed by atoms with Crippen LogP contribution in [0.3, 0.4) is 0 Å². The van der Waals surface area contributed by atoms with Gasteiger partial charge in [-0.2, -0.15) is 4.98 Å². The molecule has 7 rings (SSSR count). The average molecular weight is 619 g/mol. The molecule has 0 fully saturated rings. The molecule has 3 aromatic carbocycles. The van der Waals surface area contributed by atoms with Crippen molar-refractivity contribution in [1.82, 2.24) is 34.6 Å². The van der Waals surface area contributed by atoms with Gasteiger partial charge in [0.2, 0.25) is 5.95 Å². The van der Waals surface area contributed by atoms with Crippen LogP contribution in [0.25, 0.3) is 22.8 Å². The molecule has 0 aliphatic heterocycles. The minimum atomic E-state index is -0.701. The minimum Gasteiger partial charge on any atom is -0.368 e. The SMILES string of the molecule is CC(C)C(C)(c1ccc(-c2cnc(N)nc2)nc1)c1noc(-c2cn(C(c3ccccc3)(c3ccccc3)c3ccccc3)cn2)n1. The highest BCUT2D eigenvalue weighted by atomic mass is 16.5. The molecule has 232 valence electrons. The van der Waals surface area contributed by atoms with Crippen molar-refractivity contribution < 1.29 is 4.52 Å². The third-order valence-corrected chi connectivity index (χ3v) is 9.14. The van der Waals surface area contributed by atoms with Crippen LogP contribution in [0.2, 0.25) is 0 Å². The van der Waals surface area contributed by atoms with Crippen molar-refractivity contribution in [3.8, 4) is 22.8 Å². The van der Waals surface area contributed by atoms with Gasteiger partial charge in [0.25, 0.3) is 5.89 Å². The molecule has 4 aromatic heterocycles. The van der Waals surface area contributed by atoms with E-state index in [0.717, 1.165) is 33.5 Å². The summed E-state index contributed by atoms with van der Waals surface area (Å²) in [5.74, 6) is 1.25. The Labute approximate surface area is 273 Å². The van der Waals surface area contributed by atoms with Gasteiger partial charge in [-0.15, -0.1) is 0 Å². The molecule has 7 aromatic rings. The molecule has 0 amide bonds. The number of rotatable bonds is 9. The zero-order valence-corrected chi connectivity index (χ0v) is 26.4. The van der Waals surface area contributed by atoms with Gasteiger partial charge in [0.15, 0.2) is 5.82 Å². The Bertz CT molecular complexity index is 1980. The van der Waals surface area contributed by atoms with Crippen LogP contribution in [0.15, 0.2) is 139 Å². The van der Waals surface area contributed by atoms with Gasteiger partial charge in [0.1, 0.15) is 11.2 Å². The molecule has 0 spiro atoms. The first-order valence-electron chi connectivity index (χ1n) is 15.5. The molecule has 0 saturated carbocycles. The first kappa shape index (κ1) is 29.7. The predicted molar refractivity (Wildman–Crippen MR) is 181 cm³/mol. The number of aromatic nitrogens is 7. The monoisotopic (exact) mass is 618 g/mol. The lowest BCUT2D eigenvalue weighted by Gasteiger charge is -2.37. The Morgan fingerprint density at radius 3 is 1.74 bits per heavy atom. The molecule has 1 atom stereocenters. The van der Waals surface area contributed by atoms with Gasteiger partial charge in [-0.1, -0.05) is 116 Å². The highest BCUT2D eigenvalue weighted by Crippen LogP contribution is 2.42. The fraction of sp³-hybridized carbons (Fsp3) is 0.158. The molecule has 2 N–H and O–H groups in total. The largest absolute Gasteiger partial charge is 0.368 e. The summed E-state index contributed by atoms with van der Waals surface area (Å²) in [6, 6.07) is 35.4. The Kier molecular flexibility index (Phi) is 7.65. The van der Waals surface area contributed by atoms with Gasteiger partial charge >= 0.3 is 0 Å². The molecule has 9 nitrogen and oxygen atoms in total. The number of anilines is 1.